The highest BCUT2D eigenvalue weighted by molar-refractivity contribution is 7.89. The fourth-order valence-corrected chi connectivity index (χ4v) is 2.71. The molecule has 6 nitrogen and oxygen atoms in total. The summed E-state index contributed by atoms with van der Waals surface area (Å²) in [6.07, 6.45) is 1.19. The number of primary sulfonamides is 1. The van der Waals surface area contributed by atoms with Gasteiger partial charge in [-0.25, -0.2) is 13.6 Å². The van der Waals surface area contributed by atoms with Gasteiger partial charge >= 0.3 is 0 Å². The van der Waals surface area contributed by atoms with Gasteiger partial charge in [0.05, 0.1) is 4.90 Å². The van der Waals surface area contributed by atoms with Crippen molar-refractivity contribution in [2.45, 2.75) is 31.6 Å². The number of nitrogens with two attached hydrogens (primary N) is 2. The highest BCUT2D eigenvalue weighted by Crippen LogP contribution is 2.17. The Morgan fingerprint density at radius 3 is 2.52 bits per heavy atom. The van der Waals surface area contributed by atoms with Gasteiger partial charge in [0, 0.05) is 12.1 Å². The van der Waals surface area contributed by atoms with Crippen molar-refractivity contribution in [3.8, 4) is 0 Å². The first kappa shape index (κ1) is 17.6. The fraction of sp³-hybridized carbons (Fsp3) is 0.500. The van der Waals surface area contributed by atoms with Crippen molar-refractivity contribution in [2.75, 3.05) is 11.9 Å². The third kappa shape index (κ3) is 6.24. The predicted octanol–water partition coefficient (Wildman–Crippen LogP) is 1.28. The number of anilines is 1. The van der Waals surface area contributed by atoms with Crippen LogP contribution < -0.4 is 16.2 Å². The Hall–Kier alpha value is -1.44. The van der Waals surface area contributed by atoms with Crippen molar-refractivity contribution in [3.63, 3.8) is 0 Å². The van der Waals surface area contributed by atoms with Crippen LogP contribution in [0.5, 0.6) is 0 Å². The molecule has 0 radical (unpaired) electrons. The van der Waals surface area contributed by atoms with Crippen LogP contribution in [0.25, 0.3) is 0 Å². The maximum Gasteiger partial charge on any atom is 0.238 e. The number of hydrogen-bond donors (Lipinski definition) is 3. The first-order valence-electron chi connectivity index (χ1n) is 6.85. The van der Waals surface area contributed by atoms with E-state index in [2.05, 4.69) is 19.2 Å². The summed E-state index contributed by atoms with van der Waals surface area (Å²) < 4.78 is 22.5. The van der Waals surface area contributed by atoms with Crippen LogP contribution in [0.4, 0.5) is 5.69 Å². The molecule has 21 heavy (non-hydrogen) atoms. The predicted molar refractivity (Wildman–Crippen MR) is 83.1 cm³/mol. The molecule has 0 unspecified atom stereocenters. The molecule has 0 heterocycles. The number of nitrogens with one attached hydrogen (secondary N) is 1. The molecule has 1 atom stereocenters. The summed E-state index contributed by atoms with van der Waals surface area (Å²) in [5, 5.41) is 7.73. The third-order valence-corrected chi connectivity index (χ3v) is 3.97. The molecule has 118 valence electrons. The van der Waals surface area contributed by atoms with E-state index in [0.717, 1.165) is 6.42 Å². The molecule has 0 aliphatic heterocycles. The van der Waals surface area contributed by atoms with E-state index < -0.39 is 10.0 Å². The van der Waals surface area contributed by atoms with Gasteiger partial charge in [-0.15, -0.1) is 0 Å². The van der Waals surface area contributed by atoms with E-state index >= 15 is 0 Å². The number of carbonyl (C=O) groups is 1. The Labute approximate surface area is 126 Å². The van der Waals surface area contributed by atoms with E-state index in [1.165, 1.54) is 18.2 Å². The van der Waals surface area contributed by atoms with Gasteiger partial charge in [-0.05, 0) is 43.0 Å². The fourth-order valence-electron chi connectivity index (χ4n) is 2.15. The molecule has 1 aromatic carbocycles. The summed E-state index contributed by atoms with van der Waals surface area (Å²) >= 11 is 0. The molecule has 7 heteroatoms. The first-order valence-corrected chi connectivity index (χ1v) is 8.39. The van der Waals surface area contributed by atoms with Crippen LogP contribution in [0, 0.1) is 11.8 Å². The molecule has 0 aromatic heterocycles. The Bertz CT molecular complexity index is 585. The Balaban J connectivity index is 2.71. The summed E-state index contributed by atoms with van der Waals surface area (Å²) in [7, 11) is -3.78. The highest BCUT2D eigenvalue weighted by Gasteiger charge is 2.15. The molecule has 0 aliphatic carbocycles. The van der Waals surface area contributed by atoms with Crippen molar-refractivity contribution in [1.29, 1.82) is 0 Å². The summed E-state index contributed by atoms with van der Waals surface area (Å²) in [6.45, 7) is 4.61. The van der Waals surface area contributed by atoms with E-state index in [0.29, 0.717) is 24.6 Å². The molecule has 0 spiro atoms. The second kappa shape index (κ2) is 7.53. The lowest BCUT2D eigenvalue weighted by Gasteiger charge is -2.16. The molecular weight excluding hydrogens is 290 g/mol. The molecule has 5 N–H and O–H groups in total. The molecule has 1 amide bonds. The average Bonchev–Trinajstić information content (AvgIpc) is 2.36. The van der Waals surface area contributed by atoms with Gasteiger partial charge in [0.15, 0.2) is 0 Å². The average molecular weight is 313 g/mol. The summed E-state index contributed by atoms with van der Waals surface area (Å²) in [4.78, 5) is 11.9. The van der Waals surface area contributed by atoms with E-state index in [1.54, 1.807) is 6.07 Å². The van der Waals surface area contributed by atoms with Gasteiger partial charge in [-0.3, -0.25) is 4.79 Å². The monoisotopic (exact) mass is 313 g/mol. The Morgan fingerprint density at radius 2 is 2.00 bits per heavy atom. The minimum atomic E-state index is -3.78. The summed E-state index contributed by atoms with van der Waals surface area (Å²) in [6, 6.07) is 5.87. The zero-order valence-corrected chi connectivity index (χ0v) is 13.2. The van der Waals surface area contributed by atoms with Gasteiger partial charge in [-0.2, -0.15) is 0 Å². The molecule has 0 aliphatic rings. The summed E-state index contributed by atoms with van der Waals surface area (Å²) in [5.74, 6) is 0.404. The van der Waals surface area contributed by atoms with E-state index in [4.69, 9.17) is 10.9 Å². The number of carbonyl (C=O) groups excluding carboxylic acids is 1. The van der Waals surface area contributed by atoms with Crippen LogP contribution in [-0.2, 0) is 14.8 Å². The maximum absolute atomic E-state index is 12.0. The normalized spacial score (nSPS) is 13.2. The maximum atomic E-state index is 12.0. The zero-order valence-electron chi connectivity index (χ0n) is 12.4. The topological polar surface area (TPSA) is 115 Å². The van der Waals surface area contributed by atoms with Crippen LogP contribution >= 0.6 is 0 Å². The summed E-state index contributed by atoms with van der Waals surface area (Å²) in [5.41, 5.74) is 6.08. The first-order chi connectivity index (χ1) is 9.72. The molecule has 1 rings (SSSR count). The zero-order chi connectivity index (χ0) is 16.0. The van der Waals surface area contributed by atoms with Crippen molar-refractivity contribution in [1.82, 2.24) is 0 Å². The van der Waals surface area contributed by atoms with Gasteiger partial charge in [0.2, 0.25) is 15.9 Å². The van der Waals surface area contributed by atoms with Crippen molar-refractivity contribution in [3.05, 3.63) is 24.3 Å². The van der Waals surface area contributed by atoms with Gasteiger partial charge in [0.25, 0.3) is 0 Å². The number of hydrogen-bond acceptors (Lipinski definition) is 4. The molecular formula is C14H23N3O3S. The number of rotatable bonds is 7. The largest absolute Gasteiger partial charge is 0.330 e. The smallest absolute Gasteiger partial charge is 0.238 e. The van der Waals surface area contributed by atoms with Crippen LogP contribution in [0.15, 0.2) is 29.2 Å². The minimum absolute atomic E-state index is 0.0298. The standard InChI is InChI=1S/C14H23N3O3S/c1-10(2)6-11(9-15)7-14(18)17-12-4-3-5-13(8-12)21(16,19)20/h3-5,8,10-11H,6-7,9,15H2,1-2H3,(H,17,18)(H2,16,19,20)/t11-/m0/s1. The van der Waals surface area contributed by atoms with Crippen LogP contribution in [0.3, 0.4) is 0 Å². The van der Waals surface area contributed by atoms with Gasteiger partial charge in [0.1, 0.15) is 0 Å². The lowest BCUT2D eigenvalue weighted by molar-refractivity contribution is -0.117. The lowest BCUT2D eigenvalue weighted by atomic mass is 9.94. The van der Waals surface area contributed by atoms with Crippen molar-refractivity contribution >= 4 is 21.6 Å². The molecule has 0 saturated heterocycles. The Morgan fingerprint density at radius 1 is 1.33 bits per heavy atom. The third-order valence-electron chi connectivity index (χ3n) is 3.06. The quantitative estimate of drug-likeness (QED) is 0.703. The molecule has 0 saturated carbocycles. The van der Waals surface area contributed by atoms with Gasteiger partial charge in [-0.1, -0.05) is 19.9 Å². The van der Waals surface area contributed by atoms with Crippen molar-refractivity contribution < 1.29 is 13.2 Å². The second-order valence-corrected chi connectivity index (χ2v) is 7.12. The number of amides is 1. The number of sulfonamides is 1. The molecule has 0 fully saturated rings. The molecule has 0 bridgehead atoms. The van der Waals surface area contributed by atoms with Crippen LogP contribution in [0.1, 0.15) is 26.7 Å². The minimum Gasteiger partial charge on any atom is -0.330 e. The van der Waals surface area contributed by atoms with Crippen LogP contribution in [0.2, 0.25) is 0 Å². The van der Waals surface area contributed by atoms with E-state index in [1.807, 2.05) is 0 Å². The number of benzene rings is 1. The SMILES string of the molecule is CC(C)C[C@H](CN)CC(=O)Nc1cccc(S(N)(=O)=O)c1. The van der Waals surface area contributed by atoms with Crippen molar-refractivity contribution in [2.24, 2.45) is 22.7 Å². The van der Waals surface area contributed by atoms with Crippen LogP contribution in [-0.4, -0.2) is 20.9 Å². The van der Waals surface area contributed by atoms with E-state index in [9.17, 15) is 13.2 Å². The van der Waals surface area contributed by atoms with E-state index in [-0.39, 0.29) is 16.7 Å². The Kier molecular flexibility index (Phi) is 6.32. The lowest BCUT2D eigenvalue weighted by Crippen LogP contribution is -2.23. The molecule has 1 aromatic rings. The second-order valence-electron chi connectivity index (χ2n) is 5.56. The van der Waals surface area contributed by atoms with Gasteiger partial charge < -0.3 is 11.1 Å². The highest BCUT2D eigenvalue weighted by atomic mass is 32.2.